The van der Waals surface area contributed by atoms with Crippen molar-refractivity contribution in [3.63, 3.8) is 0 Å². The van der Waals surface area contributed by atoms with Crippen LogP contribution in [0.15, 0.2) is 18.2 Å². The Kier molecular flexibility index (Phi) is 3.75. The van der Waals surface area contributed by atoms with Gasteiger partial charge in [0.25, 0.3) is 0 Å². The van der Waals surface area contributed by atoms with Crippen LogP contribution in [0.1, 0.15) is 25.8 Å². The fourth-order valence-electron chi connectivity index (χ4n) is 1.23. The molecule has 0 fully saturated rings. The van der Waals surface area contributed by atoms with Crippen LogP contribution in [0.2, 0.25) is 0 Å². The molecule has 0 saturated carbocycles. The maximum atomic E-state index is 13.2. The lowest BCUT2D eigenvalue weighted by Crippen LogP contribution is -2.35. The zero-order valence-corrected chi connectivity index (χ0v) is 9.26. The lowest BCUT2D eigenvalue weighted by Gasteiger charge is -2.19. The molecule has 0 aromatic heterocycles. The van der Waals surface area contributed by atoms with Crippen LogP contribution in [0.25, 0.3) is 0 Å². The summed E-state index contributed by atoms with van der Waals surface area (Å²) in [5.74, 6) is -1.92. The van der Waals surface area contributed by atoms with Gasteiger partial charge in [0.2, 0.25) is 0 Å². The fraction of sp³-hybridized carbons (Fsp3) is 0.417. The first-order valence-corrected chi connectivity index (χ1v) is 5.06. The highest BCUT2D eigenvalue weighted by molar-refractivity contribution is 5.88. The first-order chi connectivity index (χ1) is 7.36. The van der Waals surface area contributed by atoms with E-state index in [4.69, 9.17) is 0 Å². The molecule has 0 saturated heterocycles. The summed E-state index contributed by atoms with van der Waals surface area (Å²) in [6, 6.07) is 3.03. The molecule has 2 nitrogen and oxygen atoms in total. The van der Waals surface area contributed by atoms with Crippen LogP contribution >= 0.6 is 0 Å². The molecule has 0 amide bonds. The predicted octanol–water partition coefficient (Wildman–Crippen LogP) is 2.24. The zero-order valence-electron chi connectivity index (χ0n) is 9.26. The molecule has 0 aliphatic rings. The van der Waals surface area contributed by atoms with E-state index >= 15 is 0 Å². The SMILES string of the molecule is CCC(C)(O)C(=O)Cc1ccc(F)cc1F. The van der Waals surface area contributed by atoms with E-state index in [0.29, 0.717) is 0 Å². The van der Waals surface area contributed by atoms with E-state index in [1.807, 2.05) is 0 Å². The highest BCUT2D eigenvalue weighted by Gasteiger charge is 2.28. The van der Waals surface area contributed by atoms with Crippen molar-refractivity contribution in [2.45, 2.75) is 32.3 Å². The summed E-state index contributed by atoms with van der Waals surface area (Å²) in [5.41, 5.74) is -1.36. The van der Waals surface area contributed by atoms with Crippen molar-refractivity contribution >= 4 is 5.78 Å². The number of carbonyl (C=O) groups excluding carboxylic acids is 1. The van der Waals surface area contributed by atoms with Crippen LogP contribution in [0, 0.1) is 11.6 Å². The fourth-order valence-corrected chi connectivity index (χ4v) is 1.23. The molecule has 0 aliphatic carbocycles. The Morgan fingerprint density at radius 3 is 2.56 bits per heavy atom. The van der Waals surface area contributed by atoms with Crippen LogP contribution in [-0.4, -0.2) is 16.5 Å². The second-order valence-electron chi connectivity index (χ2n) is 3.96. The molecule has 88 valence electrons. The molecule has 0 bridgehead atoms. The molecule has 0 radical (unpaired) electrons. The topological polar surface area (TPSA) is 37.3 Å². The summed E-state index contributed by atoms with van der Waals surface area (Å²) in [6.45, 7) is 3.05. The van der Waals surface area contributed by atoms with Gasteiger partial charge < -0.3 is 5.11 Å². The number of aliphatic hydroxyl groups is 1. The molecule has 1 aromatic rings. The predicted molar refractivity (Wildman–Crippen MR) is 56.0 cm³/mol. The normalized spacial score (nSPS) is 14.6. The molecule has 0 spiro atoms. The summed E-state index contributed by atoms with van der Waals surface area (Å²) in [7, 11) is 0. The van der Waals surface area contributed by atoms with Crippen molar-refractivity contribution in [3.8, 4) is 0 Å². The second kappa shape index (κ2) is 4.70. The van der Waals surface area contributed by atoms with Gasteiger partial charge in [-0.3, -0.25) is 4.79 Å². The third kappa shape index (κ3) is 2.85. The molecule has 1 N–H and O–H groups in total. The Bertz CT molecular complexity index is 400. The first-order valence-electron chi connectivity index (χ1n) is 5.06. The molecule has 1 aromatic carbocycles. The molecule has 0 heterocycles. The smallest absolute Gasteiger partial charge is 0.168 e. The Hall–Kier alpha value is -1.29. The Morgan fingerprint density at radius 2 is 2.06 bits per heavy atom. The Balaban J connectivity index is 2.85. The van der Waals surface area contributed by atoms with Gasteiger partial charge in [0.1, 0.15) is 17.2 Å². The largest absolute Gasteiger partial charge is 0.382 e. The molecule has 4 heteroatoms. The van der Waals surface area contributed by atoms with Gasteiger partial charge in [-0.05, 0) is 25.0 Å². The summed E-state index contributed by atoms with van der Waals surface area (Å²) in [6.07, 6.45) is 0.0294. The van der Waals surface area contributed by atoms with Crippen molar-refractivity contribution in [2.24, 2.45) is 0 Å². The molecule has 16 heavy (non-hydrogen) atoms. The monoisotopic (exact) mass is 228 g/mol. The average molecular weight is 228 g/mol. The number of hydrogen-bond donors (Lipinski definition) is 1. The average Bonchev–Trinajstić information content (AvgIpc) is 2.22. The van der Waals surface area contributed by atoms with Crippen molar-refractivity contribution in [2.75, 3.05) is 0 Å². The van der Waals surface area contributed by atoms with Gasteiger partial charge in [0.05, 0.1) is 0 Å². The molecule has 1 unspecified atom stereocenters. The molecule has 0 aliphatic heterocycles. The van der Waals surface area contributed by atoms with Gasteiger partial charge >= 0.3 is 0 Å². The first kappa shape index (κ1) is 12.8. The maximum Gasteiger partial charge on any atom is 0.168 e. The number of Topliss-reactive ketones (excluding diaryl/α,β-unsaturated/α-hetero) is 1. The van der Waals surface area contributed by atoms with E-state index in [9.17, 15) is 18.7 Å². The number of ketones is 1. The van der Waals surface area contributed by atoms with E-state index in [2.05, 4.69) is 0 Å². The number of hydrogen-bond acceptors (Lipinski definition) is 2. The van der Waals surface area contributed by atoms with Crippen LogP contribution in [0.3, 0.4) is 0 Å². The second-order valence-corrected chi connectivity index (χ2v) is 3.96. The van der Waals surface area contributed by atoms with Crippen LogP contribution in [-0.2, 0) is 11.2 Å². The Morgan fingerprint density at radius 1 is 1.44 bits per heavy atom. The highest BCUT2D eigenvalue weighted by Crippen LogP contribution is 2.16. The molecule has 1 atom stereocenters. The molecular formula is C12H14F2O2. The summed E-state index contributed by atoms with van der Waals surface area (Å²) in [5, 5.41) is 9.65. The van der Waals surface area contributed by atoms with E-state index in [1.165, 1.54) is 13.0 Å². The summed E-state index contributed by atoms with van der Waals surface area (Å²) in [4.78, 5) is 11.6. The van der Waals surface area contributed by atoms with E-state index in [1.54, 1.807) is 6.92 Å². The quantitative estimate of drug-likeness (QED) is 0.858. The third-order valence-electron chi connectivity index (χ3n) is 2.66. The highest BCUT2D eigenvalue weighted by atomic mass is 19.1. The van der Waals surface area contributed by atoms with Crippen molar-refractivity contribution < 1.29 is 18.7 Å². The van der Waals surface area contributed by atoms with E-state index < -0.39 is 23.0 Å². The molecule has 1 rings (SSSR count). The van der Waals surface area contributed by atoms with Crippen LogP contribution in [0.5, 0.6) is 0 Å². The lowest BCUT2D eigenvalue weighted by molar-refractivity contribution is -0.135. The minimum absolute atomic E-state index is 0.0973. The number of carbonyl (C=O) groups is 1. The summed E-state index contributed by atoms with van der Waals surface area (Å²) >= 11 is 0. The van der Waals surface area contributed by atoms with Crippen molar-refractivity contribution in [3.05, 3.63) is 35.4 Å². The standard InChI is InChI=1S/C12H14F2O2/c1-3-12(2,16)11(15)6-8-4-5-9(13)7-10(8)14/h4-5,7,16H,3,6H2,1-2H3. The number of benzene rings is 1. The summed E-state index contributed by atoms with van der Waals surface area (Å²) < 4.78 is 25.8. The van der Waals surface area contributed by atoms with Gasteiger partial charge in [-0.2, -0.15) is 0 Å². The van der Waals surface area contributed by atoms with Crippen molar-refractivity contribution in [1.29, 1.82) is 0 Å². The molecular weight excluding hydrogens is 214 g/mol. The van der Waals surface area contributed by atoms with Gasteiger partial charge in [-0.1, -0.05) is 13.0 Å². The third-order valence-corrected chi connectivity index (χ3v) is 2.66. The Labute approximate surface area is 92.9 Å². The zero-order chi connectivity index (χ0) is 12.3. The van der Waals surface area contributed by atoms with Gasteiger partial charge in [-0.15, -0.1) is 0 Å². The minimum Gasteiger partial charge on any atom is -0.382 e. The van der Waals surface area contributed by atoms with E-state index in [0.717, 1.165) is 12.1 Å². The van der Waals surface area contributed by atoms with Crippen LogP contribution in [0.4, 0.5) is 8.78 Å². The lowest BCUT2D eigenvalue weighted by atomic mass is 9.93. The van der Waals surface area contributed by atoms with Crippen LogP contribution < -0.4 is 0 Å². The number of rotatable bonds is 4. The number of halogens is 2. The maximum absolute atomic E-state index is 13.2. The van der Waals surface area contributed by atoms with Gasteiger partial charge in [-0.25, -0.2) is 8.78 Å². The minimum atomic E-state index is -1.46. The van der Waals surface area contributed by atoms with Gasteiger partial charge in [0.15, 0.2) is 5.78 Å². The van der Waals surface area contributed by atoms with E-state index in [-0.39, 0.29) is 18.4 Å². The van der Waals surface area contributed by atoms with Crippen molar-refractivity contribution in [1.82, 2.24) is 0 Å². The van der Waals surface area contributed by atoms with Gasteiger partial charge in [0, 0.05) is 12.5 Å².